The number of hydrogen-bond acceptors (Lipinski definition) is 4. The van der Waals surface area contributed by atoms with Crippen molar-refractivity contribution in [3.8, 4) is 6.07 Å². The molecule has 4 nitrogen and oxygen atoms in total. The molecule has 0 N–H and O–H groups in total. The number of rotatable bonds is 4. The van der Waals surface area contributed by atoms with Crippen molar-refractivity contribution < 1.29 is 13.9 Å². The van der Waals surface area contributed by atoms with Gasteiger partial charge in [0, 0.05) is 30.1 Å². The van der Waals surface area contributed by atoms with Gasteiger partial charge in [0.15, 0.2) is 5.78 Å². The van der Waals surface area contributed by atoms with Gasteiger partial charge in [-0.05, 0) is 36.6 Å². The minimum atomic E-state index is -0.631. The number of halogens is 1. The number of ketones is 1. The van der Waals surface area contributed by atoms with Crippen LogP contribution in [0.5, 0.6) is 0 Å². The molecule has 0 radical (unpaired) electrons. The molecule has 2 aromatic carbocycles. The van der Waals surface area contributed by atoms with Gasteiger partial charge in [-0.15, -0.1) is 0 Å². The summed E-state index contributed by atoms with van der Waals surface area (Å²) in [6.07, 6.45) is 1.42. The number of carbonyl (C=O) groups is 1. The maximum atomic E-state index is 13.9. The lowest BCUT2D eigenvalue weighted by atomic mass is 9.80. The van der Waals surface area contributed by atoms with Gasteiger partial charge in [0.05, 0.1) is 18.8 Å². The SMILES string of the molecule is N#Cc1ccc(C(=O)C2CC3COCC(C2)N3Cc2ccccc2)cc1F. The molecule has 0 spiro atoms. The summed E-state index contributed by atoms with van der Waals surface area (Å²) in [5.74, 6) is -0.800. The number of Topliss-reactive ketones (excluding diaryl/α,β-unsaturated/α-hetero) is 1. The third-order valence-electron chi connectivity index (χ3n) is 5.62. The highest BCUT2D eigenvalue weighted by molar-refractivity contribution is 5.98. The number of carbonyl (C=O) groups excluding carboxylic acids is 1. The number of nitrogens with zero attached hydrogens (tertiary/aromatic N) is 2. The average molecular weight is 364 g/mol. The lowest BCUT2D eigenvalue weighted by Crippen LogP contribution is -2.57. The third kappa shape index (κ3) is 3.64. The Morgan fingerprint density at radius 2 is 1.85 bits per heavy atom. The number of ether oxygens (including phenoxy) is 1. The highest BCUT2D eigenvalue weighted by Gasteiger charge is 2.41. The molecule has 2 bridgehead atoms. The molecule has 2 fully saturated rings. The molecule has 27 heavy (non-hydrogen) atoms. The fourth-order valence-corrected chi connectivity index (χ4v) is 4.25. The maximum Gasteiger partial charge on any atom is 0.166 e. The van der Waals surface area contributed by atoms with Gasteiger partial charge >= 0.3 is 0 Å². The Labute approximate surface area is 158 Å². The number of nitriles is 1. The second-order valence-corrected chi connectivity index (χ2v) is 7.34. The van der Waals surface area contributed by atoms with E-state index < -0.39 is 5.82 Å². The van der Waals surface area contributed by atoms with E-state index in [2.05, 4.69) is 17.0 Å². The van der Waals surface area contributed by atoms with Gasteiger partial charge in [0.2, 0.25) is 0 Å². The number of hydrogen-bond donors (Lipinski definition) is 0. The average Bonchev–Trinajstić information content (AvgIpc) is 2.68. The van der Waals surface area contributed by atoms with Crippen LogP contribution in [0.15, 0.2) is 48.5 Å². The first-order chi connectivity index (χ1) is 13.2. The number of piperidine rings is 1. The van der Waals surface area contributed by atoms with Gasteiger partial charge < -0.3 is 4.74 Å². The molecule has 2 aliphatic heterocycles. The van der Waals surface area contributed by atoms with Gasteiger partial charge in [0.25, 0.3) is 0 Å². The molecule has 2 aromatic rings. The summed E-state index contributed by atoms with van der Waals surface area (Å²) in [5, 5.41) is 8.86. The van der Waals surface area contributed by atoms with Gasteiger partial charge in [-0.1, -0.05) is 30.3 Å². The number of fused-ring (bicyclic) bond motifs is 2. The summed E-state index contributed by atoms with van der Waals surface area (Å²) >= 11 is 0. The topological polar surface area (TPSA) is 53.3 Å². The second kappa shape index (κ2) is 7.59. The molecule has 0 aromatic heterocycles. The van der Waals surface area contributed by atoms with Gasteiger partial charge in [-0.2, -0.15) is 5.26 Å². The van der Waals surface area contributed by atoms with Gasteiger partial charge in [0.1, 0.15) is 11.9 Å². The van der Waals surface area contributed by atoms with Crippen LogP contribution in [0.3, 0.4) is 0 Å². The summed E-state index contributed by atoms with van der Waals surface area (Å²) in [6, 6.07) is 16.6. The first kappa shape index (κ1) is 17.8. The van der Waals surface area contributed by atoms with E-state index in [9.17, 15) is 9.18 Å². The van der Waals surface area contributed by atoms with Gasteiger partial charge in [-0.25, -0.2) is 4.39 Å². The standard InChI is InChI=1S/C22H21FN2O2/c23-21-10-16(6-7-17(21)11-24)22(26)18-8-19-13-27-14-20(9-18)25(19)12-15-4-2-1-3-5-15/h1-7,10,18-20H,8-9,12-14H2. The third-order valence-corrected chi connectivity index (χ3v) is 5.62. The number of morpholine rings is 1. The Bertz CT molecular complexity index is 864. The van der Waals surface area contributed by atoms with Crippen LogP contribution in [0.1, 0.15) is 34.3 Å². The van der Waals surface area contributed by atoms with Crippen LogP contribution in [0.2, 0.25) is 0 Å². The first-order valence-corrected chi connectivity index (χ1v) is 9.27. The molecule has 0 aliphatic carbocycles. The fraction of sp³-hybridized carbons (Fsp3) is 0.364. The zero-order valence-corrected chi connectivity index (χ0v) is 15.0. The van der Waals surface area contributed by atoms with Crippen LogP contribution in [-0.2, 0) is 11.3 Å². The minimum Gasteiger partial charge on any atom is -0.378 e. The summed E-state index contributed by atoms with van der Waals surface area (Å²) in [4.78, 5) is 15.4. The van der Waals surface area contributed by atoms with Crippen LogP contribution in [0.4, 0.5) is 4.39 Å². The second-order valence-electron chi connectivity index (χ2n) is 7.34. The lowest BCUT2D eigenvalue weighted by Gasteiger charge is -2.48. The fourth-order valence-electron chi connectivity index (χ4n) is 4.25. The Morgan fingerprint density at radius 3 is 2.48 bits per heavy atom. The predicted molar refractivity (Wildman–Crippen MR) is 98.5 cm³/mol. The molecule has 138 valence electrons. The zero-order valence-electron chi connectivity index (χ0n) is 15.0. The highest BCUT2D eigenvalue weighted by atomic mass is 19.1. The molecule has 0 amide bonds. The molecule has 0 saturated carbocycles. The Balaban J connectivity index is 1.50. The molecular weight excluding hydrogens is 343 g/mol. The van der Waals surface area contributed by atoms with Crippen LogP contribution < -0.4 is 0 Å². The molecule has 5 heteroatoms. The van der Waals surface area contributed by atoms with Crippen LogP contribution in [0.25, 0.3) is 0 Å². The van der Waals surface area contributed by atoms with E-state index in [-0.39, 0.29) is 29.3 Å². The van der Waals surface area contributed by atoms with Crippen molar-refractivity contribution in [2.45, 2.75) is 31.5 Å². The van der Waals surface area contributed by atoms with E-state index in [1.54, 1.807) is 12.1 Å². The van der Waals surface area contributed by atoms with E-state index in [0.29, 0.717) is 31.6 Å². The molecule has 2 heterocycles. The lowest BCUT2D eigenvalue weighted by molar-refractivity contribution is -0.0872. The van der Waals surface area contributed by atoms with E-state index in [1.807, 2.05) is 18.2 Å². The maximum absolute atomic E-state index is 13.9. The molecule has 4 rings (SSSR count). The van der Waals surface area contributed by atoms with E-state index in [0.717, 1.165) is 6.54 Å². The van der Waals surface area contributed by atoms with Gasteiger partial charge in [-0.3, -0.25) is 9.69 Å². The quantitative estimate of drug-likeness (QED) is 0.779. The van der Waals surface area contributed by atoms with Crippen LogP contribution in [0, 0.1) is 23.1 Å². The molecular formula is C22H21FN2O2. The van der Waals surface area contributed by atoms with Crippen molar-refractivity contribution in [3.63, 3.8) is 0 Å². The van der Waals surface area contributed by atoms with Crippen LogP contribution in [-0.4, -0.2) is 36.0 Å². The normalized spacial score (nSPS) is 25.0. The van der Waals surface area contributed by atoms with Crippen molar-refractivity contribution >= 4 is 5.78 Å². The predicted octanol–water partition coefficient (Wildman–Crippen LogP) is 3.56. The molecule has 2 aliphatic rings. The molecule has 2 atom stereocenters. The molecule has 2 unspecified atom stereocenters. The van der Waals surface area contributed by atoms with Crippen molar-refractivity contribution in [3.05, 3.63) is 71.0 Å². The van der Waals surface area contributed by atoms with E-state index in [4.69, 9.17) is 10.00 Å². The summed E-state index contributed by atoms with van der Waals surface area (Å²) < 4.78 is 19.6. The summed E-state index contributed by atoms with van der Waals surface area (Å²) in [5.41, 5.74) is 1.58. The van der Waals surface area contributed by atoms with Crippen molar-refractivity contribution in [1.29, 1.82) is 5.26 Å². The van der Waals surface area contributed by atoms with Crippen LogP contribution >= 0.6 is 0 Å². The smallest absolute Gasteiger partial charge is 0.166 e. The first-order valence-electron chi connectivity index (χ1n) is 9.27. The highest BCUT2D eigenvalue weighted by Crippen LogP contribution is 2.34. The summed E-state index contributed by atoms with van der Waals surface area (Å²) in [6.45, 7) is 2.09. The largest absolute Gasteiger partial charge is 0.378 e. The van der Waals surface area contributed by atoms with Crippen molar-refractivity contribution in [2.75, 3.05) is 13.2 Å². The summed E-state index contributed by atoms with van der Waals surface area (Å²) in [7, 11) is 0. The Kier molecular flexibility index (Phi) is 5.02. The number of benzene rings is 2. The Hall–Kier alpha value is -2.55. The molecule has 2 saturated heterocycles. The van der Waals surface area contributed by atoms with E-state index in [1.165, 1.54) is 17.7 Å². The van der Waals surface area contributed by atoms with Crippen molar-refractivity contribution in [1.82, 2.24) is 4.90 Å². The Morgan fingerprint density at radius 1 is 1.15 bits per heavy atom. The monoisotopic (exact) mass is 364 g/mol. The van der Waals surface area contributed by atoms with E-state index >= 15 is 0 Å². The zero-order chi connectivity index (χ0) is 18.8. The minimum absolute atomic E-state index is 0.0327. The van der Waals surface area contributed by atoms with Crippen molar-refractivity contribution in [2.24, 2.45) is 5.92 Å².